The predicted octanol–water partition coefficient (Wildman–Crippen LogP) is 3.92. The van der Waals surface area contributed by atoms with E-state index in [1.807, 2.05) is 24.3 Å². The Morgan fingerprint density at radius 2 is 1.59 bits per heavy atom. The van der Waals surface area contributed by atoms with E-state index < -0.39 is 17.2 Å². The summed E-state index contributed by atoms with van der Waals surface area (Å²) in [6.45, 7) is 13.3. The zero-order chi connectivity index (χ0) is 17.2. The van der Waals surface area contributed by atoms with Crippen LogP contribution < -0.4 is 5.32 Å². The third-order valence-electron chi connectivity index (χ3n) is 3.32. The molecule has 0 bridgehead atoms. The molecule has 1 N–H and O–H groups in total. The second kappa shape index (κ2) is 6.11. The normalized spacial score (nSPS) is 14.9. The summed E-state index contributed by atoms with van der Waals surface area (Å²) in [7, 11) is 0. The molecule has 1 aromatic rings. The lowest BCUT2D eigenvalue weighted by Crippen LogP contribution is -2.47. The van der Waals surface area contributed by atoms with Crippen LogP contribution in [-0.2, 0) is 20.5 Å². The maximum absolute atomic E-state index is 12.0. The molecule has 0 fully saturated rings. The minimum atomic E-state index is -1.12. The van der Waals surface area contributed by atoms with Crippen LogP contribution >= 0.6 is 0 Å². The first-order chi connectivity index (χ1) is 9.87. The summed E-state index contributed by atoms with van der Waals surface area (Å²) in [6.07, 6.45) is 0.127. The molecule has 4 nitrogen and oxygen atoms in total. The molecule has 0 spiro atoms. The van der Waals surface area contributed by atoms with E-state index in [-0.39, 0.29) is 5.41 Å². The Hall–Kier alpha value is -1.84. The van der Waals surface area contributed by atoms with Gasteiger partial charge in [-0.15, -0.1) is 0 Å². The summed E-state index contributed by atoms with van der Waals surface area (Å²) in [5.74, 6) is 0. The third kappa shape index (κ3) is 4.86. The van der Waals surface area contributed by atoms with Crippen molar-refractivity contribution in [2.24, 2.45) is 0 Å². The predicted molar refractivity (Wildman–Crippen MR) is 87.9 cm³/mol. The van der Waals surface area contributed by atoms with Gasteiger partial charge in [-0.05, 0) is 44.2 Å². The first kappa shape index (κ1) is 18.2. The summed E-state index contributed by atoms with van der Waals surface area (Å²) < 4.78 is 5.25. The van der Waals surface area contributed by atoms with Crippen LogP contribution in [-0.4, -0.2) is 18.0 Å². The summed E-state index contributed by atoms with van der Waals surface area (Å²) in [5, 5.41) is 2.67. The molecule has 0 aliphatic heterocycles. The number of nitrogens with one attached hydrogen (secondary N) is 1. The van der Waals surface area contributed by atoms with Gasteiger partial charge >= 0.3 is 6.09 Å². The lowest BCUT2D eigenvalue weighted by Gasteiger charge is -2.29. The van der Waals surface area contributed by atoms with E-state index in [1.54, 1.807) is 27.7 Å². The van der Waals surface area contributed by atoms with Crippen LogP contribution in [0.25, 0.3) is 0 Å². The smallest absolute Gasteiger partial charge is 0.408 e. The molecular formula is C18H27NO3. The Balaban J connectivity index is 3.09. The van der Waals surface area contributed by atoms with Crippen molar-refractivity contribution >= 4 is 12.4 Å². The fourth-order valence-corrected chi connectivity index (χ4v) is 1.99. The molecule has 1 atom stereocenters. The summed E-state index contributed by atoms with van der Waals surface area (Å²) in [5.41, 5.74) is 0.0704. The number of benzene rings is 1. The number of rotatable bonds is 3. The third-order valence-corrected chi connectivity index (χ3v) is 3.32. The van der Waals surface area contributed by atoms with Crippen molar-refractivity contribution in [3.8, 4) is 0 Å². The molecule has 1 unspecified atom stereocenters. The average molecular weight is 305 g/mol. The molecule has 1 rings (SSSR count). The van der Waals surface area contributed by atoms with Gasteiger partial charge in [0, 0.05) is 0 Å². The van der Waals surface area contributed by atoms with Gasteiger partial charge in [0.1, 0.15) is 17.4 Å². The highest BCUT2D eigenvalue weighted by atomic mass is 16.6. The fraction of sp³-hybridized carbons (Fsp3) is 0.556. The van der Waals surface area contributed by atoms with Crippen LogP contribution in [0.1, 0.15) is 59.6 Å². The van der Waals surface area contributed by atoms with Crippen molar-refractivity contribution < 1.29 is 14.3 Å². The van der Waals surface area contributed by atoms with Gasteiger partial charge in [-0.3, -0.25) is 0 Å². The van der Waals surface area contributed by atoms with E-state index in [0.717, 1.165) is 17.4 Å². The number of ether oxygens (including phenoxy) is 1. The molecule has 0 aliphatic rings. The highest BCUT2D eigenvalue weighted by Crippen LogP contribution is 2.27. The molecule has 122 valence electrons. The quantitative estimate of drug-likeness (QED) is 0.861. The summed E-state index contributed by atoms with van der Waals surface area (Å²) in [4.78, 5) is 23.6. The first-order valence-corrected chi connectivity index (χ1v) is 7.46. The first-order valence-electron chi connectivity index (χ1n) is 7.46. The Kier molecular flexibility index (Phi) is 5.06. The van der Waals surface area contributed by atoms with Gasteiger partial charge in [0.25, 0.3) is 0 Å². The fourth-order valence-electron chi connectivity index (χ4n) is 1.99. The molecule has 0 saturated carbocycles. The second-order valence-electron chi connectivity index (χ2n) is 7.78. The van der Waals surface area contributed by atoms with E-state index in [4.69, 9.17) is 4.74 Å². The van der Waals surface area contributed by atoms with E-state index in [1.165, 1.54) is 0 Å². The minimum absolute atomic E-state index is 0.0360. The van der Waals surface area contributed by atoms with Crippen molar-refractivity contribution in [3.63, 3.8) is 0 Å². The van der Waals surface area contributed by atoms with Crippen molar-refractivity contribution in [2.45, 2.75) is 65.0 Å². The maximum Gasteiger partial charge on any atom is 0.408 e. The molecule has 0 saturated heterocycles. The van der Waals surface area contributed by atoms with Crippen LogP contribution in [0.2, 0.25) is 0 Å². The van der Waals surface area contributed by atoms with Gasteiger partial charge < -0.3 is 14.8 Å². The van der Waals surface area contributed by atoms with Crippen molar-refractivity contribution in [3.05, 3.63) is 35.4 Å². The van der Waals surface area contributed by atoms with E-state index >= 15 is 0 Å². The number of hydrogen-bond donors (Lipinski definition) is 1. The number of alkyl carbamates (subject to hydrolysis) is 1. The molecular weight excluding hydrogens is 278 g/mol. The van der Waals surface area contributed by atoms with Gasteiger partial charge in [-0.25, -0.2) is 4.79 Å². The Morgan fingerprint density at radius 1 is 1.05 bits per heavy atom. The van der Waals surface area contributed by atoms with Crippen molar-refractivity contribution in [1.82, 2.24) is 5.32 Å². The summed E-state index contributed by atoms with van der Waals surface area (Å²) in [6, 6.07) is 7.70. The van der Waals surface area contributed by atoms with Crippen molar-refractivity contribution in [2.75, 3.05) is 0 Å². The molecule has 0 aromatic heterocycles. The van der Waals surface area contributed by atoms with Crippen molar-refractivity contribution in [1.29, 1.82) is 0 Å². The topological polar surface area (TPSA) is 55.4 Å². The SMILES string of the molecule is CC(C)(C)OC(=O)NC(C)(C=O)c1cccc(C(C)(C)C)c1. The van der Waals surface area contributed by atoms with E-state index in [0.29, 0.717) is 0 Å². The Labute approximate surface area is 133 Å². The molecule has 0 radical (unpaired) electrons. The minimum Gasteiger partial charge on any atom is -0.444 e. The summed E-state index contributed by atoms with van der Waals surface area (Å²) >= 11 is 0. The monoisotopic (exact) mass is 305 g/mol. The average Bonchev–Trinajstić information content (AvgIpc) is 2.35. The van der Waals surface area contributed by atoms with E-state index in [2.05, 4.69) is 26.1 Å². The van der Waals surface area contributed by atoms with Gasteiger partial charge in [0.05, 0.1) is 0 Å². The molecule has 1 amide bonds. The number of carbonyl (C=O) groups is 2. The Bertz CT molecular complexity index is 552. The van der Waals surface area contributed by atoms with Crippen LogP contribution in [0.15, 0.2) is 24.3 Å². The van der Waals surface area contributed by atoms with Gasteiger partial charge in [-0.1, -0.05) is 45.0 Å². The molecule has 22 heavy (non-hydrogen) atoms. The Morgan fingerprint density at radius 3 is 2.05 bits per heavy atom. The standard InChI is InChI=1S/C18H27NO3/c1-16(2,3)13-9-8-10-14(11-13)18(7,12-20)19-15(21)22-17(4,5)6/h8-12H,1-7H3,(H,19,21). The van der Waals surface area contributed by atoms with Gasteiger partial charge in [0.2, 0.25) is 0 Å². The zero-order valence-corrected chi connectivity index (χ0v) is 14.6. The number of aldehydes is 1. The number of amides is 1. The molecule has 0 heterocycles. The van der Waals surface area contributed by atoms with Gasteiger partial charge in [0.15, 0.2) is 0 Å². The molecule has 4 heteroatoms. The lowest BCUT2D eigenvalue weighted by molar-refractivity contribution is -0.113. The molecule has 1 aromatic carbocycles. The number of carbonyl (C=O) groups excluding carboxylic acids is 2. The van der Waals surface area contributed by atoms with E-state index in [9.17, 15) is 9.59 Å². The van der Waals surface area contributed by atoms with Crippen LogP contribution in [0.3, 0.4) is 0 Å². The molecule has 0 aliphatic carbocycles. The zero-order valence-electron chi connectivity index (χ0n) is 14.6. The lowest BCUT2D eigenvalue weighted by atomic mass is 9.83. The van der Waals surface area contributed by atoms with Crippen LogP contribution in [0.4, 0.5) is 4.79 Å². The second-order valence-corrected chi connectivity index (χ2v) is 7.78. The van der Waals surface area contributed by atoms with Gasteiger partial charge in [-0.2, -0.15) is 0 Å². The highest BCUT2D eigenvalue weighted by molar-refractivity contribution is 5.78. The van der Waals surface area contributed by atoms with Crippen LogP contribution in [0, 0.1) is 0 Å². The maximum atomic E-state index is 12.0. The highest BCUT2D eigenvalue weighted by Gasteiger charge is 2.31. The van der Waals surface area contributed by atoms with Crippen LogP contribution in [0.5, 0.6) is 0 Å². The number of hydrogen-bond acceptors (Lipinski definition) is 3. The largest absolute Gasteiger partial charge is 0.444 e.